The SMILES string of the molecule is Cl.Cl.c1cc(-c2cnn3cccnc23)nc(C2CCCNC2)c1. The van der Waals surface area contributed by atoms with E-state index < -0.39 is 0 Å². The van der Waals surface area contributed by atoms with Crippen LogP contribution in [0.4, 0.5) is 0 Å². The number of aromatic nitrogens is 4. The van der Waals surface area contributed by atoms with Gasteiger partial charge < -0.3 is 5.32 Å². The van der Waals surface area contributed by atoms with Crippen LogP contribution in [-0.4, -0.2) is 32.7 Å². The molecule has 1 N–H and O–H groups in total. The number of pyridine rings is 1. The van der Waals surface area contributed by atoms with E-state index in [4.69, 9.17) is 4.98 Å². The topological polar surface area (TPSA) is 55.1 Å². The second-order valence-corrected chi connectivity index (χ2v) is 5.44. The molecule has 0 saturated carbocycles. The van der Waals surface area contributed by atoms with Crippen molar-refractivity contribution in [3.05, 3.63) is 48.5 Å². The Balaban J connectivity index is 0.000000960. The molecule has 1 unspecified atom stereocenters. The van der Waals surface area contributed by atoms with Gasteiger partial charge in [0.2, 0.25) is 0 Å². The summed E-state index contributed by atoms with van der Waals surface area (Å²) >= 11 is 0. The van der Waals surface area contributed by atoms with Crippen LogP contribution >= 0.6 is 24.8 Å². The first-order valence-corrected chi connectivity index (χ1v) is 7.38. The highest BCUT2D eigenvalue weighted by Crippen LogP contribution is 2.26. The first-order valence-electron chi connectivity index (χ1n) is 7.38. The maximum absolute atomic E-state index is 4.86. The lowest BCUT2D eigenvalue weighted by atomic mass is 9.95. The molecule has 7 heteroatoms. The first kappa shape index (κ1) is 17.7. The van der Waals surface area contributed by atoms with Crippen molar-refractivity contribution in [2.75, 3.05) is 13.1 Å². The van der Waals surface area contributed by atoms with Crippen LogP contribution in [0.5, 0.6) is 0 Å². The summed E-state index contributed by atoms with van der Waals surface area (Å²) in [6.07, 6.45) is 7.95. The quantitative estimate of drug-likeness (QED) is 0.770. The smallest absolute Gasteiger partial charge is 0.164 e. The van der Waals surface area contributed by atoms with Crippen molar-refractivity contribution in [3.8, 4) is 11.3 Å². The molecule has 5 nitrogen and oxygen atoms in total. The number of hydrogen-bond donors (Lipinski definition) is 1. The van der Waals surface area contributed by atoms with Gasteiger partial charge in [0.15, 0.2) is 5.65 Å². The third-order valence-electron chi connectivity index (χ3n) is 4.04. The van der Waals surface area contributed by atoms with E-state index in [0.29, 0.717) is 5.92 Å². The maximum atomic E-state index is 4.86. The number of rotatable bonds is 2. The lowest BCUT2D eigenvalue weighted by Gasteiger charge is -2.22. The normalized spacial score (nSPS) is 17.3. The molecule has 122 valence electrons. The molecule has 0 amide bonds. The number of piperidine rings is 1. The van der Waals surface area contributed by atoms with E-state index >= 15 is 0 Å². The molecular weight excluding hydrogens is 333 g/mol. The summed E-state index contributed by atoms with van der Waals surface area (Å²) in [5.74, 6) is 0.508. The maximum Gasteiger partial charge on any atom is 0.164 e. The predicted octanol–water partition coefficient (Wildman–Crippen LogP) is 3.10. The Kier molecular flexibility index (Phi) is 5.93. The summed E-state index contributed by atoms with van der Waals surface area (Å²) in [5.41, 5.74) is 3.95. The van der Waals surface area contributed by atoms with E-state index in [0.717, 1.165) is 35.7 Å². The molecule has 1 saturated heterocycles. The van der Waals surface area contributed by atoms with Gasteiger partial charge in [-0.1, -0.05) is 6.07 Å². The second kappa shape index (κ2) is 7.73. The minimum Gasteiger partial charge on any atom is -0.316 e. The fourth-order valence-corrected chi connectivity index (χ4v) is 2.94. The summed E-state index contributed by atoms with van der Waals surface area (Å²) < 4.78 is 1.78. The van der Waals surface area contributed by atoms with E-state index in [1.54, 1.807) is 10.7 Å². The third kappa shape index (κ3) is 3.47. The van der Waals surface area contributed by atoms with Crippen molar-refractivity contribution in [2.45, 2.75) is 18.8 Å². The Morgan fingerprint density at radius 1 is 1.17 bits per heavy atom. The number of halogens is 2. The lowest BCUT2D eigenvalue weighted by molar-refractivity contribution is 0.455. The minimum absolute atomic E-state index is 0. The zero-order valence-corrected chi connectivity index (χ0v) is 14.2. The highest BCUT2D eigenvalue weighted by molar-refractivity contribution is 5.85. The fourth-order valence-electron chi connectivity index (χ4n) is 2.94. The molecule has 1 fully saturated rings. The minimum atomic E-state index is 0. The number of nitrogens with zero attached hydrogens (tertiary/aromatic N) is 4. The molecule has 3 aromatic heterocycles. The Morgan fingerprint density at radius 2 is 2.09 bits per heavy atom. The Bertz CT molecular complexity index is 768. The van der Waals surface area contributed by atoms with Gasteiger partial charge >= 0.3 is 0 Å². The van der Waals surface area contributed by atoms with Crippen LogP contribution < -0.4 is 5.32 Å². The van der Waals surface area contributed by atoms with E-state index in [1.165, 1.54) is 12.8 Å². The van der Waals surface area contributed by atoms with Crippen LogP contribution in [0.1, 0.15) is 24.5 Å². The summed E-state index contributed by atoms with van der Waals surface area (Å²) in [6.45, 7) is 2.14. The highest BCUT2D eigenvalue weighted by Gasteiger charge is 2.17. The van der Waals surface area contributed by atoms with Gasteiger partial charge in [0.1, 0.15) is 0 Å². The van der Waals surface area contributed by atoms with Crippen molar-refractivity contribution < 1.29 is 0 Å². The van der Waals surface area contributed by atoms with E-state index in [9.17, 15) is 0 Å². The molecule has 1 aliphatic heterocycles. The van der Waals surface area contributed by atoms with Crippen LogP contribution in [0.3, 0.4) is 0 Å². The summed E-state index contributed by atoms with van der Waals surface area (Å²) in [7, 11) is 0. The van der Waals surface area contributed by atoms with Crippen molar-refractivity contribution in [1.29, 1.82) is 0 Å². The van der Waals surface area contributed by atoms with Gasteiger partial charge in [0.05, 0.1) is 17.5 Å². The van der Waals surface area contributed by atoms with E-state index in [2.05, 4.69) is 27.5 Å². The monoisotopic (exact) mass is 351 g/mol. The molecular formula is C16H19Cl2N5. The zero-order valence-electron chi connectivity index (χ0n) is 12.6. The van der Waals surface area contributed by atoms with Gasteiger partial charge in [-0.2, -0.15) is 5.10 Å². The van der Waals surface area contributed by atoms with Crippen LogP contribution in [0.2, 0.25) is 0 Å². The average molecular weight is 352 g/mol. The van der Waals surface area contributed by atoms with Crippen LogP contribution in [0, 0.1) is 0 Å². The Hall–Kier alpha value is -1.69. The highest BCUT2D eigenvalue weighted by atomic mass is 35.5. The molecule has 0 aliphatic carbocycles. The van der Waals surface area contributed by atoms with Gasteiger partial charge in [-0.15, -0.1) is 24.8 Å². The Morgan fingerprint density at radius 3 is 2.91 bits per heavy atom. The number of hydrogen-bond acceptors (Lipinski definition) is 4. The van der Waals surface area contributed by atoms with Crippen LogP contribution in [0.15, 0.2) is 42.9 Å². The molecule has 0 spiro atoms. The Labute approximate surface area is 147 Å². The summed E-state index contributed by atoms with van der Waals surface area (Å²) in [4.78, 5) is 9.26. The molecule has 0 bridgehead atoms. The average Bonchev–Trinajstić information content (AvgIpc) is 3.00. The van der Waals surface area contributed by atoms with Crippen molar-refractivity contribution in [2.24, 2.45) is 0 Å². The molecule has 4 heterocycles. The van der Waals surface area contributed by atoms with Gasteiger partial charge in [-0.25, -0.2) is 9.50 Å². The second-order valence-electron chi connectivity index (χ2n) is 5.44. The molecule has 1 atom stereocenters. The van der Waals surface area contributed by atoms with Crippen molar-refractivity contribution in [1.82, 2.24) is 24.9 Å². The molecule has 3 aromatic rings. The zero-order chi connectivity index (χ0) is 14.1. The van der Waals surface area contributed by atoms with E-state index in [-0.39, 0.29) is 24.8 Å². The fraction of sp³-hybridized carbons (Fsp3) is 0.312. The first-order chi connectivity index (χ1) is 10.4. The van der Waals surface area contributed by atoms with Crippen LogP contribution in [0.25, 0.3) is 16.9 Å². The van der Waals surface area contributed by atoms with E-state index in [1.807, 2.05) is 24.5 Å². The third-order valence-corrected chi connectivity index (χ3v) is 4.04. The van der Waals surface area contributed by atoms with Crippen LogP contribution in [-0.2, 0) is 0 Å². The lowest BCUT2D eigenvalue weighted by Crippen LogP contribution is -2.28. The number of fused-ring (bicyclic) bond motifs is 1. The van der Waals surface area contributed by atoms with Gasteiger partial charge in [-0.3, -0.25) is 4.98 Å². The van der Waals surface area contributed by atoms with Gasteiger partial charge in [0.25, 0.3) is 0 Å². The standard InChI is InChI=1S/C16H17N5.2ClH/c1-5-14(12-4-2-7-17-10-12)20-15(6-1)13-11-19-21-9-3-8-18-16(13)21;;/h1,3,5-6,8-9,11-12,17H,2,4,7,10H2;2*1H. The van der Waals surface area contributed by atoms with Gasteiger partial charge in [-0.05, 0) is 37.6 Å². The van der Waals surface area contributed by atoms with Crippen molar-refractivity contribution >= 4 is 30.5 Å². The summed E-state index contributed by atoms with van der Waals surface area (Å²) in [5, 5.41) is 7.79. The molecule has 23 heavy (non-hydrogen) atoms. The molecule has 1 aliphatic rings. The predicted molar refractivity (Wildman–Crippen MR) is 95.6 cm³/mol. The van der Waals surface area contributed by atoms with Gasteiger partial charge in [0, 0.05) is 30.6 Å². The number of nitrogens with one attached hydrogen (secondary N) is 1. The van der Waals surface area contributed by atoms with Crippen molar-refractivity contribution in [3.63, 3.8) is 0 Å². The molecule has 0 radical (unpaired) electrons. The summed E-state index contributed by atoms with van der Waals surface area (Å²) in [6, 6.07) is 8.12. The molecule has 4 rings (SSSR count). The molecule has 0 aromatic carbocycles. The largest absolute Gasteiger partial charge is 0.316 e.